The Morgan fingerprint density at radius 3 is 2.24 bits per heavy atom. The molecule has 0 radical (unpaired) electrons. The molecule has 1 aliphatic rings. The number of thioether (sulfide) groups is 1. The van der Waals surface area contributed by atoms with Crippen LogP contribution in [-0.4, -0.2) is 32.8 Å². The molecule has 1 aromatic heterocycles. The lowest BCUT2D eigenvalue weighted by Crippen LogP contribution is -2.38. The Hall–Kier alpha value is -4.34. The molecule has 1 amide bonds. The van der Waals surface area contributed by atoms with E-state index >= 15 is 0 Å². The smallest absolute Gasteiger partial charge is 0.251 e. The van der Waals surface area contributed by atoms with E-state index in [0.29, 0.717) is 23.0 Å². The van der Waals surface area contributed by atoms with E-state index in [1.54, 1.807) is 24.2 Å². The van der Waals surface area contributed by atoms with E-state index in [0.717, 1.165) is 33.4 Å². The lowest BCUT2D eigenvalue weighted by atomic mass is 9.91. The molecule has 45 heavy (non-hydrogen) atoms. The van der Waals surface area contributed by atoms with Crippen LogP contribution in [0.15, 0.2) is 127 Å². The van der Waals surface area contributed by atoms with Gasteiger partial charge in [-0.25, -0.2) is 9.97 Å². The molecule has 2 heterocycles. The fraction of sp³-hybridized carbons (Fsp3) is 0.216. The molecule has 8 heteroatoms. The Bertz CT molecular complexity index is 1690. The van der Waals surface area contributed by atoms with E-state index in [-0.39, 0.29) is 30.6 Å². The molecule has 0 unspecified atom stereocenters. The number of benzene rings is 4. The van der Waals surface area contributed by atoms with Gasteiger partial charge in [0, 0.05) is 41.7 Å². The van der Waals surface area contributed by atoms with Gasteiger partial charge in [0.25, 0.3) is 5.91 Å². The molecule has 0 saturated carbocycles. The summed E-state index contributed by atoms with van der Waals surface area (Å²) in [6, 6.07) is 35.3. The minimum atomic E-state index is -0.569. The minimum absolute atomic E-state index is 0.00168. The predicted octanol–water partition coefficient (Wildman–Crippen LogP) is 7.15. The van der Waals surface area contributed by atoms with Crippen LogP contribution >= 0.6 is 11.8 Å². The van der Waals surface area contributed by atoms with Gasteiger partial charge in [0.05, 0.1) is 18.8 Å². The van der Waals surface area contributed by atoms with E-state index in [4.69, 9.17) is 9.47 Å². The standard InChI is InChI=1S/C37H35N3O4S/c1-25-33(24-45-37-38-20-7-21-39-37)43-36(44-34(25)28-14-12-26(23-41)13-15-28)30-18-16-27(17-19-30)32-11-6-5-10-31(32)22-40-35(42)29-8-3-2-4-9-29/h2-21,25,33-34,36,41H,22-24H2,1H3,(H,40,42)/t25-,33+,34+,36+/m1/s1. The second-order valence-corrected chi connectivity index (χ2v) is 12.0. The van der Waals surface area contributed by atoms with Gasteiger partial charge in [0.2, 0.25) is 0 Å². The van der Waals surface area contributed by atoms with E-state index in [1.165, 1.54) is 0 Å². The zero-order chi connectivity index (χ0) is 31.0. The molecule has 2 N–H and O–H groups in total. The number of ether oxygens (including phenoxy) is 2. The summed E-state index contributed by atoms with van der Waals surface area (Å²) in [6.07, 6.45) is 2.60. The summed E-state index contributed by atoms with van der Waals surface area (Å²) in [4.78, 5) is 21.4. The van der Waals surface area contributed by atoms with Gasteiger partial charge in [0.1, 0.15) is 0 Å². The molecule has 0 aliphatic carbocycles. The minimum Gasteiger partial charge on any atom is -0.392 e. The first kappa shape index (κ1) is 30.7. The molecule has 7 nitrogen and oxygen atoms in total. The number of aliphatic hydroxyl groups is 1. The van der Waals surface area contributed by atoms with Crippen molar-refractivity contribution in [1.29, 1.82) is 0 Å². The van der Waals surface area contributed by atoms with Crippen molar-refractivity contribution in [3.63, 3.8) is 0 Å². The zero-order valence-corrected chi connectivity index (χ0v) is 25.8. The first-order valence-corrected chi connectivity index (χ1v) is 16.0. The largest absolute Gasteiger partial charge is 0.392 e. The van der Waals surface area contributed by atoms with Gasteiger partial charge in [0.15, 0.2) is 11.4 Å². The van der Waals surface area contributed by atoms with Crippen LogP contribution in [0.25, 0.3) is 11.1 Å². The number of aliphatic hydroxyl groups excluding tert-OH is 1. The Kier molecular flexibility index (Phi) is 9.97. The summed E-state index contributed by atoms with van der Waals surface area (Å²) in [5.74, 6) is 0.638. The summed E-state index contributed by atoms with van der Waals surface area (Å²) < 4.78 is 13.2. The van der Waals surface area contributed by atoms with Gasteiger partial charge in [-0.3, -0.25) is 4.79 Å². The molecular weight excluding hydrogens is 582 g/mol. The van der Waals surface area contributed by atoms with Gasteiger partial charge >= 0.3 is 0 Å². The first-order chi connectivity index (χ1) is 22.1. The molecular formula is C37H35N3O4S. The average molecular weight is 618 g/mol. The summed E-state index contributed by atoms with van der Waals surface area (Å²) in [5.41, 5.74) is 6.58. The van der Waals surface area contributed by atoms with Crippen molar-refractivity contribution in [2.45, 2.75) is 43.7 Å². The van der Waals surface area contributed by atoms with Crippen LogP contribution in [0, 0.1) is 5.92 Å². The Labute approximate surface area is 267 Å². The number of aromatic nitrogens is 2. The lowest BCUT2D eigenvalue weighted by Gasteiger charge is -2.41. The topological polar surface area (TPSA) is 93.6 Å². The number of amides is 1. The van der Waals surface area contributed by atoms with E-state index < -0.39 is 6.29 Å². The Morgan fingerprint density at radius 2 is 1.51 bits per heavy atom. The highest BCUT2D eigenvalue weighted by Gasteiger charge is 2.38. The fourth-order valence-corrected chi connectivity index (χ4v) is 6.44. The second kappa shape index (κ2) is 14.6. The van der Waals surface area contributed by atoms with E-state index in [2.05, 4.69) is 40.4 Å². The van der Waals surface area contributed by atoms with Gasteiger partial charge in [-0.05, 0) is 46.0 Å². The number of nitrogens with zero attached hydrogens (tertiary/aromatic N) is 2. The average Bonchev–Trinajstić information content (AvgIpc) is 3.11. The number of nitrogens with one attached hydrogen (secondary N) is 1. The molecule has 4 atom stereocenters. The molecule has 1 fully saturated rings. The van der Waals surface area contributed by atoms with Crippen LogP contribution < -0.4 is 5.32 Å². The summed E-state index contributed by atoms with van der Waals surface area (Å²) in [7, 11) is 0. The number of rotatable bonds is 10. The van der Waals surface area contributed by atoms with Gasteiger partial charge in [-0.1, -0.05) is 110 Å². The SMILES string of the molecule is C[C@@H]1[C@H](CSc2ncccn2)O[C@H](c2ccc(-c3ccccc3CNC(=O)c3ccccc3)cc2)O[C@@H]1c1ccc(CO)cc1. The molecule has 1 saturated heterocycles. The Morgan fingerprint density at radius 1 is 0.822 bits per heavy atom. The highest BCUT2D eigenvalue weighted by atomic mass is 32.2. The van der Waals surface area contributed by atoms with Crippen molar-refractivity contribution >= 4 is 17.7 Å². The van der Waals surface area contributed by atoms with Crippen LogP contribution in [-0.2, 0) is 22.6 Å². The molecule has 5 aromatic rings. The van der Waals surface area contributed by atoms with Crippen molar-refractivity contribution in [3.8, 4) is 11.1 Å². The van der Waals surface area contributed by atoms with Gasteiger partial charge < -0.3 is 19.9 Å². The molecule has 1 aliphatic heterocycles. The lowest BCUT2D eigenvalue weighted by molar-refractivity contribution is -0.268. The van der Waals surface area contributed by atoms with Gasteiger partial charge in [-0.15, -0.1) is 0 Å². The maximum absolute atomic E-state index is 12.7. The van der Waals surface area contributed by atoms with Crippen molar-refractivity contribution < 1.29 is 19.4 Å². The fourth-order valence-electron chi connectivity index (χ4n) is 5.47. The number of carbonyl (C=O) groups is 1. The third-order valence-electron chi connectivity index (χ3n) is 8.03. The molecule has 6 rings (SSSR count). The maximum Gasteiger partial charge on any atom is 0.251 e. The summed E-state index contributed by atoms with van der Waals surface area (Å²) >= 11 is 1.57. The van der Waals surface area contributed by atoms with Crippen molar-refractivity contribution in [3.05, 3.63) is 149 Å². The van der Waals surface area contributed by atoms with Crippen molar-refractivity contribution in [2.24, 2.45) is 5.92 Å². The highest BCUT2D eigenvalue weighted by molar-refractivity contribution is 7.99. The number of hydrogen-bond donors (Lipinski definition) is 2. The predicted molar refractivity (Wildman–Crippen MR) is 175 cm³/mol. The summed E-state index contributed by atoms with van der Waals surface area (Å²) in [6.45, 7) is 2.56. The second-order valence-electron chi connectivity index (χ2n) is 11.0. The molecule has 0 spiro atoms. The molecule has 228 valence electrons. The third kappa shape index (κ3) is 7.49. The maximum atomic E-state index is 12.7. The Balaban J connectivity index is 1.21. The quantitative estimate of drug-likeness (QED) is 0.127. The van der Waals surface area contributed by atoms with Crippen molar-refractivity contribution in [2.75, 3.05) is 5.75 Å². The number of carbonyl (C=O) groups excluding carboxylic acids is 1. The third-order valence-corrected chi connectivity index (χ3v) is 8.99. The highest BCUT2D eigenvalue weighted by Crippen LogP contribution is 2.43. The van der Waals surface area contributed by atoms with Crippen LogP contribution in [0.4, 0.5) is 0 Å². The normalized spacial score (nSPS) is 19.6. The van der Waals surface area contributed by atoms with Crippen molar-refractivity contribution in [1.82, 2.24) is 15.3 Å². The molecule has 0 bridgehead atoms. The monoisotopic (exact) mass is 617 g/mol. The number of hydrogen-bond acceptors (Lipinski definition) is 7. The van der Waals surface area contributed by atoms with E-state index in [9.17, 15) is 9.90 Å². The van der Waals surface area contributed by atoms with Crippen LogP contribution in [0.3, 0.4) is 0 Å². The zero-order valence-electron chi connectivity index (χ0n) is 25.0. The molecule has 4 aromatic carbocycles. The van der Waals surface area contributed by atoms with Crippen LogP contribution in [0.1, 0.15) is 51.9 Å². The van der Waals surface area contributed by atoms with Crippen LogP contribution in [0.2, 0.25) is 0 Å². The van der Waals surface area contributed by atoms with Crippen LogP contribution in [0.5, 0.6) is 0 Å². The van der Waals surface area contributed by atoms with E-state index in [1.807, 2.05) is 91.0 Å². The first-order valence-electron chi connectivity index (χ1n) is 15.0. The summed E-state index contributed by atoms with van der Waals surface area (Å²) in [5, 5.41) is 13.3. The van der Waals surface area contributed by atoms with Gasteiger partial charge in [-0.2, -0.15) is 0 Å².